The number of ether oxygens (including phenoxy) is 1. The molecule has 3 rings (SSSR count). The largest absolute Gasteiger partial charge is 0.497 e. The molecule has 0 bridgehead atoms. The van der Waals surface area contributed by atoms with Crippen LogP contribution in [0.4, 0.5) is 5.95 Å². The zero-order valence-corrected chi connectivity index (χ0v) is 13.4. The minimum absolute atomic E-state index is 0.286. The van der Waals surface area contributed by atoms with E-state index in [9.17, 15) is 9.59 Å². The van der Waals surface area contributed by atoms with Gasteiger partial charge in [-0.05, 0) is 29.8 Å². The van der Waals surface area contributed by atoms with E-state index in [1.165, 1.54) is 11.6 Å². The van der Waals surface area contributed by atoms with E-state index in [4.69, 9.17) is 4.74 Å². The standard InChI is InChI=1S/C15H16N6O3/c1-20-11-12(21(2)15(23)18-13(11)22)17-14(20)19-16-8-9-4-6-10(24-3)7-5-9/h4-8H,1-3H3,(H,17,19)(H,18,22,23). The molecular formula is C15H16N6O3. The molecular weight excluding hydrogens is 312 g/mol. The number of hydrazone groups is 1. The molecule has 0 unspecified atom stereocenters. The fourth-order valence-corrected chi connectivity index (χ4v) is 2.26. The Morgan fingerprint density at radius 3 is 2.58 bits per heavy atom. The first-order chi connectivity index (χ1) is 11.5. The number of aryl methyl sites for hydroxylation is 2. The third-order valence-corrected chi connectivity index (χ3v) is 3.63. The van der Waals surface area contributed by atoms with Gasteiger partial charge in [-0.2, -0.15) is 10.1 Å². The Morgan fingerprint density at radius 2 is 1.92 bits per heavy atom. The number of nitrogens with one attached hydrogen (secondary N) is 2. The second-order valence-corrected chi connectivity index (χ2v) is 5.13. The monoisotopic (exact) mass is 328 g/mol. The third-order valence-electron chi connectivity index (χ3n) is 3.63. The highest BCUT2D eigenvalue weighted by atomic mass is 16.5. The van der Waals surface area contributed by atoms with Gasteiger partial charge in [0, 0.05) is 14.1 Å². The van der Waals surface area contributed by atoms with E-state index >= 15 is 0 Å². The van der Waals surface area contributed by atoms with Crippen molar-refractivity contribution in [3.05, 3.63) is 50.7 Å². The van der Waals surface area contributed by atoms with Gasteiger partial charge < -0.3 is 9.30 Å². The van der Waals surface area contributed by atoms with Gasteiger partial charge in [-0.1, -0.05) is 0 Å². The summed E-state index contributed by atoms with van der Waals surface area (Å²) < 4.78 is 7.90. The third kappa shape index (κ3) is 2.67. The maximum Gasteiger partial charge on any atom is 0.329 e. The molecule has 0 amide bonds. The van der Waals surface area contributed by atoms with Crippen molar-refractivity contribution in [1.29, 1.82) is 0 Å². The molecule has 0 atom stereocenters. The summed E-state index contributed by atoms with van der Waals surface area (Å²) in [6.45, 7) is 0. The number of rotatable bonds is 4. The molecule has 9 heteroatoms. The van der Waals surface area contributed by atoms with Gasteiger partial charge in [0.1, 0.15) is 5.75 Å². The molecule has 0 saturated heterocycles. The van der Waals surface area contributed by atoms with Gasteiger partial charge >= 0.3 is 5.69 Å². The van der Waals surface area contributed by atoms with Crippen LogP contribution in [0.25, 0.3) is 11.2 Å². The van der Waals surface area contributed by atoms with Crippen LogP contribution >= 0.6 is 0 Å². The van der Waals surface area contributed by atoms with Crippen LogP contribution in [0, 0.1) is 0 Å². The molecule has 1 aromatic carbocycles. The van der Waals surface area contributed by atoms with E-state index in [1.54, 1.807) is 24.9 Å². The zero-order valence-electron chi connectivity index (χ0n) is 13.4. The Labute approximate surface area is 136 Å². The predicted octanol–water partition coefficient (Wildman–Crippen LogP) is 0.415. The fourth-order valence-electron chi connectivity index (χ4n) is 2.26. The predicted molar refractivity (Wildman–Crippen MR) is 90.8 cm³/mol. The number of hydrogen-bond donors (Lipinski definition) is 2. The Morgan fingerprint density at radius 1 is 1.21 bits per heavy atom. The van der Waals surface area contributed by atoms with Gasteiger partial charge in [0.25, 0.3) is 5.56 Å². The normalized spacial score (nSPS) is 11.3. The molecule has 2 heterocycles. The Bertz CT molecular complexity index is 1030. The molecule has 3 aromatic rings. The van der Waals surface area contributed by atoms with Crippen LogP contribution in [0.3, 0.4) is 0 Å². The first kappa shape index (κ1) is 15.5. The minimum atomic E-state index is -0.515. The van der Waals surface area contributed by atoms with Gasteiger partial charge in [-0.25, -0.2) is 10.2 Å². The van der Waals surface area contributed by atoms with Crippen molar-refractivity contribution in [2.75, 3.05) is 12.5 Å². The highest BCUT2D eigenvalue weighted by Crippen LogP contribution is 2.13. The summed E-state index contributed by atoms with van der Waals surface area (Å²) in [5.41, 5.74) is 3.21. The molecule has 0 aliphatic carbocycles. The number of benzene rings is 1. The Kier molecular flexibility index (Phi) is 3.90. The maximum atomic E-state index is 11.9. The van der Waals surface area contributed by atoms with Crippen LogP contribution in [-0.2, 0) is 14.1 Å². The SMILES string of the molecule is COc1ccc(C=NNc2nc3c(c(=O)[nH]c(=O)n3C)n2C)cc1. The van der Waals surface area contributed by atoms with Crippen molar-refractivity contribution in [2.24, 2.45) is 19.2 Å². The van der Waals surface area contributed by atoms with Gasteiger partial charge in [0.05, 0.1) is 13.3 Å². The summed E-state index contributed by atoms with van der Waals surface area (Å²) >= 11 is 0. The fraction of sp³-hybridized carbons (Fsp3) is 0.200. The quantitative estimate of drug-likeness (QED) is 0.533. The van der Waals surface area contributed by atoms with E-state index in [0.29, 0.717) is 11.5 Å². The first-order valence-corrected chi connectivity index (χ1v) is 7.10. The van der Waals surface area contributed by atoms with E-state index in [0.717, 1.165) is 11.3 Å². The van der Waals surface area contributed by atoms with Crippen LogP contribution in [-0.4, -0.2) is 32.4 Å². The van der Waals surface area contributed by atoms with Crippen molar-refractivity contribution in [3.8, 4) is 5.75 Å². The molecule has 0 fully saturated rings. The summed E-state index contributed by atoms with van der Waals surface area (Å²) in [4.78, 5) is 30.1. The number of aromatic amines is 1. The van der Waals surface area contributed by atoms with Crippen molar-refractivity contribution < 1.29 is 4.74 Å². The average molecular weight is 328 g/mol. The summed E-state index contributed by atoms with van der Waals surface area (Å²) in [6, 6.07) is 7.36. The number of H-pyrrole nitrogens is 1. The summed E-state index contributed by atoms with van der Waals surface area (Å²) in [7, 11) is 4.81. The summed E-state index contributed by atoms with van der Waals surface area (Å²) in [5.74, 6) is 1.11. The molecule has 124 valence electrons. The molecule has 9 nitrogen and oxygen atoms in total. The number of anilines is 1. The highest BCUT2D eigenvalue weighted by Gasteiger charge is 2.14. The lowest BCUT2D eigenvalue weighted by molar-refractivity contribution is 0.415. The molecule has 0 spiro atoms. The van der Waals surface area contributed by atoms with Gasteiger partial charge in [-0.15, -0.1) is 0 Å². The molecule has 0 saturated carbocycles. The van der Waals surface area contributed by atoms with Crippen molar-refractivity contribution >= 4 is 23.3 Å². The minimum Gasteiger partial charge on any atom is -0.497 e. The van der Waals surface area contributed by atoms with Crippen LogP contribution in [0.15, 0.2) is 39.0 Å². The van der Waals surface area contributed by atoms with E-state index in [1.807, 2.05) is 24.3 Å². The number of hydrogen-bond acceptors (Lipinski definition) is 6. The number of fused-ring (bicyclic) bond motifs is 1. The molecule has 2 N–H and O–H groups in total. The lowest BCUT2D eigenvalue weighted by atomic mass is 10.2. The topological polar surface area (TPSA) is 106 Å². The van der Waals surface area contributed by atoms with Gasteiger partial charge in [-0.3, -0.25) is 14.3 Å². The van der Waals surface area contributed by atoms with Gasteiger partial charge in [0.2, 0.25) is 5.95 Å². The van der Waals surface area contributed by atoms with Gasteiger partial charge in [0.15, 0.2) is 11.2 Å². The molecule has 0 radical (unpaired) electrons. The average Bonchev–Trinajstić information content (AvgIpc) is 2.91. The lowest BCUT2D eigenvalue weighted by Gasteiger charge is -2.01. The zero-order chi connectivity index (χ0) is 17.3. The first-order valence-electron chi connectivity index (χ1n) is 7.10. The highest BCUT2D eigenvalue weighted by molar-refractivity contribution is 5.80. The number of nitrogens with zero attached hydrogens (tertiary/aromatic N) is 4. The number of imidazole rings is 1. The van der Waals surface area contributed by atoms with Crippen molar-refractivity contribution in [1.82, 2.24) is 19.1 Å². The van der Waals surface area contributed by atoms with Crippen LogP contribution < -0.4 is 21.4 Å². The van der Waals surface area contributed by atoms with Crippen LogP contribution in [0.2, 0.25) is 0 Å². The van der Waals surface area contributed by atoms with Crippen molar-refractivity contribution in [3.63, 3.8) is 0 Å². The number of methoxy groups -OCH3 is 1. The van der Waals surface area contributed by atoms with Crippen LogP contribution in [0.5, 0.6) is 5.75 Å². The van der Waals surface area contributed by atoms with Crippen LogP contribution in [0.1, 0.15) is 5.56 Å². The maximum absolute atomic E-state index is 11.9. The summed E-state index contributed by atoms with van der Waals surface area (Å²) in [6.07, 6.45) is 1.61. The Balaban J connectivity index is 1.90. The lowest BCUT2D eigenvalue weighted by Crippen LogP contribution is -2.29. The second-order valence-electron chi connectivity index (χ2n) is 5.13. The number of aromatic nitrogens is 4. The van der Waals surface area contributed by atoms with Crippen molar-refractivity contribution in [2.45, 2.75) is 0 Å². The second kappa shape index (κ2) is 6.03. The summed E-state index contributed by atoms with van der Waals surface area (Å²) in [5, 5.41) is 4.11. The smallest absolute Gasteiger partial charge is 0.329 e. The van der Waals surface area contributed by atoms with E-state index in [-0.39, 0.29) is 5.65 Å². The van der Waals surface area contributed by atoms with E-state index in [2.05, 4.69) is 20.5 Å². The molecule has 24 heavy (non-hydrogen) atoms. The Hall–Kier alpha value is -3.36. The molecule has 0 aliphatic rings. The molecule has 0 aliphatic heterocycles. The molecule has 2 aromatic heterocycles. The van der Waals surface area contributed by atoms with E-state index < -0.39 is 11.2 Å².